The van der Waals surface area contributed by atoms with E-state index in [1.807, 2.05) is 11.8 Å². The highest BCUT2D eigenvalue weighted by Gasteiger charge is 2.55. The number of nitrogens with zero attached hydrogens (tertiary/aromatic N) is 3. The van der Waals surface area contributed by atoms with Gasteiger partial charge in [-0.15, -0.1) is 0 Å². The lowest BCUT2D eigenvalue weighted by atomic mass is 9.81. The molecule has 37 heavy (non-hydrogen) atoms. The topological polar surface area (TPSA) is 36.0 Å². The molecule has 0 aromatic heterocycles. The Balaban J connectivity index is 1.48. The van der Waals surface area contributed by atoms with Crippen LogP contribution in [-0.2, 0) is 13.1 Å². The van der Waals surface area contributed by atoms with E-state index in [0.717, 1.165) is 49.4 Å². The van der Waals surface area contributed by atoms with Crippen molar-refractivity contribution < 1.29 is 9.53 Å². The first-order chi connectivity index (χ1) is 17.6. The molecule has 5 nitrogen and oxygen atoms in total. The van der Waals surface area contributed by atoms with Gasteiger partial charge in [0.25, 0.3) is 0 Å². The molecule has 0 unspecified atom stereocenters. The van der Waals surface area contributed by atoms with Gasteiger partial charge in [0.1, 0.15) is 5.75 Å². The van der Waals surface area contributed by atoms with Gasteiger partial charge < -0.3 is 9.64 Å². The summed E-state index contributed by atoms with van der Waals surface area (Å²) in [5.41, 5.74) is 9.45. The summed E-state index contributed by atoms with van der Waals surface area (Å²) in [6, 6.07) is 11.3. The molecule has 0 saturated carbocycles. The lowest BCUT2D eigenvalue weighted by Crippen LogP contribution is -2.54. The first kappa shape index (κ1) is 25.6. The van der Waals surface area contributed by atoms with E-state index in [0.29, 0.717) is 13.1 Å². The number of benzene rings is 2. The Morgan fingerprint density at radius 3 is 2.32 bits per heavy atom. The molecule has 2 saturated heterocycles. The Kier molecular flexibility index (Phi) is 6.70. The smallest absolute Gasteiger partial charge is 0.325 e. The number of aryl methyl sites for hydroxylation is 3. The molecule has 2 amide bonds. The number of methoxy groups -OCH3 is 1. The molecule has 2 aromatic rings. The first-order valence-electron chi connectivity index (χ1n) is 13.5. The Bertz CT molecular complexity index is 1250. The highest BCUT2D eigenvalue weighted by atomic mass is 16.5. The van der Waals surface area contributed by atoms with E-state index >= 15 is 0 Å². The van der Waals surface area contributed by atoms with E-state index in [2.05, 4.69) is 80.5 Å². The van der Waals surface area contributed by atoms with E-state index in [1.54, 1.807) is 7.11 Å². The van der Waals surface area contributed by atoms with Crippen molar-refractivity contribution in [2.75, 3.05) is 26.7 Å². The van der Waals surface area contributed by atoms with Crippen molar-refractivity contribution in [1.82, 2.24) is 14.7 Å². The number of carbonyl (C=O) groups is 1. The molecule has 0 aliphatic carbocycles. The molecule has 1 atom stereocenters. The van der Waals surface area contributed by atoms with Crippen LogP contribution >= 0.6 is 0 Å². The predicted molar refractivity (Wildman–Crippen MR) is 150 cm³/mol. The molecule has 196 valence electrons. The minimum absolute atomic E-state index is 0.109. The molecule has 3 aliphatic heterocycles. The van der Waals surface area contributed by atoms with Crippen LogP contribution in [-0.4, -0.2) is 53.0 Å². The highest BCUT2D eigenvalue weighted by Crippen LogP contribution is 2.49. The van der Waals surface area contributed by atoms with Crippen molar-refractivity contribution in [1.29, 1.82) is 0 Å². The van der Waals surface area contributed by atoms with Gasteiger partial charge in [-0.2, -0.15) is 0 Å². The van der Waals surface area contributed by atoms with Crippen LogP contribution in [0.2, 0.25) is 0 Å². The summed E-state index contributed by atoms with van der Waals surface area (Å²) in [4.78, 5) is 20.7. The Morgan fingerprint density at radius 2 is 1.70 bits per heavy atom. The maximum atomic E-state index is 14.0. The number of likely N-dealkylation sites (tertiary alicyclic amines) is 1. The third-order valence-corrected chi connectivity index (χ3v) is 8.33. The highest BCUT2D eigenvalue weighted by molar-refractivity contribution is 5.83. The lowest BCUT2D eigenvalue weighted by molar-refractivity contribution is 0.0909. The van der Waals surface area contributed by atoms with Gasteiger partial charge in [0.2, 0.25) is 0 Å². The fraction of sp³-hybridized carbons (Fsp3) is 0.469. The fourth-order valence-electron chi connectivity index (χ4n) is 6.88. The van der Waals surface area contributed by atoms with Crippen LogP contribution in [0.1, 0.15) is 66.0 Å². The molecule has 0 bridgehead atoms. The normalized spacial score (nSPS) is 21.0. The third kappa shape index (κ3) is 4.59. The van der Waals surface area contributed by atoms with Gasteiger partial charge in [0, 0.05) is 43.4 Å². The molecule has 2 fully saturated rings. The van der Waals surface area contributed by atoms with Crippen molar-refractivity contribution in [3.63, 3.8) is 0 Å². The van der Waals surface area contributed by atoms with Gasteiger partial charge in [-0.3, -0.25) is 9.80 Å². The third-order valence-electron chi connectivity index (χ3n) is 8.33. The summed E-state index contributed by atoms with van der Waals surface area (Å²) >= 11 is 0. The molecule has 0 radical (unpaired) electrons. The molecule has 5 rings (SSSR count). The quantitative estimate of drug-likeness (QED) is 0.442. The molecule has 1 spiro atoms. The second kappa shape index (κ2) is 9.68. The second-order valence-electron chi connectivity index (χ2n) is 11.6. The van der Waals surface area contributed by atoms with Gasteiger partial charge in [-0.1, -0.05) is 60.5 Å². The maximum Gasteiger partial charge on any atom is 0.325 e. The molecular weight excluding hydrogens is 458 g/mol. The summed E-state index contributed by atoms with van der Waals surface area (Å²) in [6.45, 7) is 18.9. The number of carbonyl (C=O) groups excluding carboxylic acids is 1. The summed E-state index contributed by atoms with van der Waals surface area (Å²) in [5.74, 6) is 1.08. The van der Waals surface area contributed by atoms with E-state index in [1.165, 1.54) is 33.5 Å². The molecular formula is C32H41N3O2. The van der Waals surface area contributed by atoms with Crippen LogP contribution in [0.25, 0.3) is 0 Å². The number of piperidine rings is 1. The van der Waals surface area contributed by atoms with Gasteiger partial charge in [-0.25, -0.2) is 4.79 Å². The molecule has 0 N–H and O–H groups in total. The van der Waals surface area contributed by atoms with Crippen LogP contribution in [0.15, 0.2) is 54.3 Å². The lowest BCUT2D eigenvalue weighted by Gasteiger charge is -2.45. The SMILES string of the molecule is C=C(C)CN1C(=O)N2Cc3cc(C)cc(OC)c3[C@H](C)C=C2C12CCN(Cc1cc(C)cc(C)c1)CC2. The van der Waals surface area contributed by atoms with Crippen molar-refractivity contribution in [2.24, 2.45) is 0 Å². The maximum absolute atomic E-state index is 14.0. The first-order valence-corrected chi connectivity index (χ1v) is 13.5. The van der Waals surface area contributed by atoms with Crippen LogP contribution in [0.3, 0.4) is 0 Å². The standard InChI is InChI=1S/C32H41N3O2/c1-21(2)18-35-31(36)34-20-27-15-24(5)16-28(37-7)30(27)25(6)17-29(34)32(35)8-10-33(11-9-32)19-26-13-22(3)12-23(4)14-26/h12-17,25H,1,8-11,18-20H2,2-7H3/t25-/m1/s1. The van der Waals surface area contributed by atoms with E-state index in [-0.39, 0.29) is 17.5 Å². The monoisotopic (exact) mass is 499 g/mol. The average Bonchev–Trinajstić information content (AvgIpc) is 2.93. The molecule has 3 heterocycles. The number of hydrogen-bond acceptors (Lipinski definition) is 3. The van der Waals surface area contributed by atoms with E-state index in [4.69, 9.17) is 4.74 Å². The van der Waals surface area contributed by atoms with Crippen molar-refractivity contribution in [2.45, 2.75) is 72.0 Å². The number of hydrogen-bond donors (Lipinski definition) is 0. The summed E-state index contributed by atoms with van der Waals surface area (Å²) in [5, 5.41) is 0. The number of fused-ring (bicyclic) bond motifs is 3. The number of ether oxygens (including phenoxy) is 1. The number of amides is 2. The van der Waals surface area contributed by atoms with Crippen molar-refractivity contribution in [3.8, 4) is 5.75 Å². The van der Waals surface area contributed by atoms with Gasteiger partial charge in [0.15, 0.2) is 0 Å². The van der Waals surface area contributed by atoms with E-state index in [9.17, 15) is 4.79 Å². The summed E-state index contributed by atoms with van der Waals surface area (Å²) < 4.78 is 5.81. The minimum atomic E-state index is -0.298. The van der Waals surface area contributed by atoms with Crippen LogP contribution in [0.4, 0.5) is 4.79 Å². The largest absolute Gasteiger partial charge is 0.496 e. The molecule has 5 heteroatoms. The molecule has 2 aromatic carbocycles. The predicted octanol–water partition coefficient (Wildman–Crippen LogP) is 6.47. The van der Waals surface area contributed by atoms with Crippen LogP contribution < -0.4 is 4.74 Å². The van der Waals surface area contributed by atoms with Crippen LogP contribution in [0, 0.1) is 20.8 Å². The number of allylic oxidation sites excluding steroid dienone is 1. The zero-order chi connectivity index (χ0) is 26.5. The average molecular weight is 500 g/mol. The van der Waals surface area contributed by atoms with Crippen molar-refractivity contribution >= 4 is 6.03 Å². The second-order valence-corrected chi connectivity index (χ2v) is 11.6. The Labute approximate surface area is 222 Å². The summed E-state index contributed by atoms with van der Waals surface area (Å²) in [7, 11) is 1.74. The van der Waals surface area contributed by atoms with Crippen molar-refractivity contribution in [3.05, 3.63) is 87.6 Å². The molecule has 3 aliphatic rings. The zero-order valence-electron chi connectivity index (χ0n) is 23.4. The van der Waals surface area contributed by atoms with Crippen LogP contribution in [0.5, 0.6) is 5.75 Å². The van der Waals surface area contributed by atoms with Gasteiger partial charge >= 0.3 is 6.03 Å². The Morgan fingerprint density at radius 1 is 1.05 bits per heavy atom. The minimum Gasteiger partial charge on any atom is -0.496 e. The Hall–Kier alpha value is -3.05. The zero-order valence-corrected chi connectivity index (χ0v) is 23.4. The van der Waals surface area contributed by atoms with E-state index < -0.39 is 0 Å². The summed E-state index contributed by atoms with van der Waals surface area (Å²) in [6.07, 6.45) is 4.20. The number of rotatable bonds is 5. The van der Waals surface area contributed by atoms with Gasteiger partial charge in [0.05, 0.1) is 19.2 Å². The fourth-order valence-corrected chi connectivity index (χ4v) is 6.88. The van der Waals surface area contributed by atoms with Gasteiger partial charge in [-0.05, 0) is 63.3 Å². The number of urea groups is 1.